The van der Waals surface area contributed by atoms with E-state index in [4.69, 9.17) is 4.74 Å². The molecule has 0 rings (SSSR count). The molecule has 0 N–H and O–H groups in total. The highest BCUT2D eigenvalue weighted by Crippen LogP contribution is 2.13. The van der Waals surface area contributed by atoms with Crippen LogP contribution in [0.3, 0.4) is 0 Å². The maximum absolute atomic E-state index is 13.9. The van der Waals surface area contributed by atoms with Crippen LogP contribution in [-0.2, 0) is 9.53 Å². The summed E-state index contributed by atoms with van der Waals surface area (Å²) in [5.74, 6) is -0.360. The van der Waals surface area contributed by atoms with Crippen LogP contribution in [0.2, 0.25) is 0 Å². The van der Waals surface area contributed by atoms with Crippen molar-refractivity contribution in [3.63, 3.8) is 0 Å². The minimum absolute atomic E-state index is 0.360. The van der Waals surface area contributed by atoms with E-state index in [-0.39, 0.29) is 5.97 Å². The SMILES string of the molecule is CCCCCCCCCCCCCOC(=O)C(C)=CC(F)CCCCCCC. The number of rotatable bonds is 20. The zero-order chi connectivity index (χ0) is 20.9. The lowest BCUT2D eigenvalue weighted by atomic mass is 10.1. The molecule has 0 saturated carbocycles. The van der Waals surface area contributed by atoms with Gasteiger partial charge in [0.1, 0.15) is 6.17 Å². The molecule has 3 heteroatoms. The summed E-state index contributed by atoms with van der Waals surface area (Å²) in [6.45, 7) is 6.54. The Morgan fingerprint density at radius 1 is 0.750 bits per heavy atom. The summed E-state index contributed by atoms with van der Waals surface area (Å²) in [6.07, 6.45) is 20.5. The average Bonchev–Trinajstić information content (AvgIpc) is 2.68. The fourth-order valence-corrected chi connectivity index (χ4v) is 3.41. The van der Waals surface area contributed by atoms with Crippen molar-refractivity contribution >= 4 is 5.97 Å². The van der Waals surface area contributed by atoms with Gasteiger partial charge in [-0.2, -0.15) is 0 Å². The first-order chi connectivity index (χ1) is 13.6. The Balaban J connectivity index is 3.56. The number of unbranched alkanes of at least 4 members (excludes halogenated alkanes) is 14. The van der Waals surface area contributed by atoms with Gasteiger partial charge in [-0.3, -0.25) is 0 Å². The molecule has 0 saturated heterocycles. The van der Waals surface area contributed by atoms with Crippen molar-refractivity contribution in [3.05, 3.63) is 11.6 Å². The van der Waals surface area contributed by atoms with E-state index in [0.29, 0.717) is 18.6 Å². The monoisotopic (exact) mass is 398 g/mol. The number of carbonyl (C=O) groups excluding carboxylic acids is 1. The molecular weight excluding hydrogens is 351 g/mol. The Kier molecular flexibility index (Phi) is 20.2. The quantitative estimate of drug-likeness (QED) is 0.117. The van der Waals surface area contributed by atoms with Crippen LogP contribution >= 0.6 is 0 Å². The molecule has 0 bridgehead atoms. The van der Waals surface area contributed by atoms with E-state index in [1.54, 1.807) is 6.92 Å². The van der Waals surface area contributed by atoms with Crippen LogP contribution in [0.4, 0.5) is 4.39 Å². The Morgan fingerprint density at radius 2 is 1.18 bits per heavy atom. The van der Waals surface area contributed by atoms with Gasteiger partial charge in [-0.15, -0.1) is 0 Å². The molecule has 0 amide bonds. The highest BCUT2D eigenvalue weighted by molar-refractivity contribution is 5.87. The predicted molar refractivity (Wildman–Crippen MR) is 119 cm³/mol. The van der Waals surface area contributed by atoms with Crippen molar-refractivity contribution in [2.75, 3.05) is 6.61 Å². The topological polar surface area (TPSA) is 26.3 Å². The largest absolute Gasteiger partial charge is 0.462 e. The molecule has 0 heterocycles. The normalized spacial score (nSPS) is 12.9. The third-order valence-electron chi connectivity index (χ3n) is 5.32. The third-order valence-corrected chi connectivity index (χ3v) is 5.32. The lowest BCUT2D eigenvalue weighted by Crippen LogP contribution is -2.09. The minimum atomic E-state index is -1.03. The third kappa shape index (κ3) is 18.5. The minimum Gasteiger partial charge on any atom is -0.462 e. The van der Waals surface area contributed by atoms with Crippen molar-refractivity contribution in [2.24, 2.45) is 0 Å². The summed E-state index contributed by atoms with van der Waals surface area (Å²) in [6, 6.07) is 0. The second-order valence-corrected chi connectivity index (χ2v) is 8.24. The van der Waals surface area contributed by atoms with Crippen LogP contribution in [0.1, 0.15) is 130 Å². The Hall–Kier alpha value is -0.860. The lowest BCUT2D eigenvalue weighted by Gasteiger charge is -2.07. The first kappa shape index (κ1) is 27.1. The highest BCUT2D eigenvalue weighted by atomic mass is 19.1. The molecule has 0 aromatic rings. The Bertz CT molecular complexity index is 379. The van der Waals surface area contributed by atoms with Crippen LogP contribution in [0, 0.1) is 0 Å². The molecule has 0 aliphatic carbocycles. The molecule has 0 aliphatic rings. The number of hydrogen-bond acceptors (Lipinski definition) is 2. The van der Waals surface area contributed by atoms with E-state index >= 15 is 0 Å². The summed E-state index contributed by atoms with van der Waals surface area (Å²) in [7, 11) is 0. The van der Waals surface area contributed by atoms with E-state index in [2.05, 4.69) is 13.8 Å². The van der Waals surface area contributed by atoms with E-state index < -0.39 is 6.17 Å². The van der Waals surface area contributed by atoms with Gasteiger partial charge in [0.25, 0.3) is 0 Å². The van der Waals surface area contributed by atoms with E-state index in [1.807, 2.05) is 0 Å². The standard InChI is InChI=1S/C25H47FO2/c1-4-6-8-10-11-12-13-14-15-17-19-21-28-25(27)23(3)22-24(26)20-18-16-9-7-5-2/h22,24H,4-21H2,1-3H3. The fraction of sp³-hybridized carbons (Fsp3) is 0.880. The summed E-state index contributed by atoms with van der Waals surface area (Å²) >= 11 is 0. The fourth-order valence-electron chi connectivity index (χ4n) is 3.41. The highest BCUT2D eigenvalue weighted by Gasteiger charge is 2.10. The zero-order valence-corrected chi connectivity index (χ0v) is 19.1. The van der Waals surface area contributed by atoms with Crippen LogP contribution in [0.15, 0.2) is 11.6 Å². The van der Waals surface area contributed by atoms with Gasteiger partial charge in [-0.05, 0) is 25.8 Å². The molecule has 1 unspecified atom stereocenters. The van der Waals surface area contributed by atoms with Crippen LogP contribution in [0.25, 0.3) is 0 Å². The molecule has 0 aromatic heterocycles. The van der Waals surface area contributed by atoms with Gasteiger partial charge in [0, 0.05) is 5.57 Å². The number of carbonyl (C=O) groups is 1. The molecule has 0 aliphatic heterocycles. The van der Waals surface area contributed by atoms with Crippen LogP contribution < -0.4 is 0 Å². The number of hydrogen-bond donors (Lipinski definition) is 0. The second kappa shape index (κ2) is 20.9. The lowest BCUT2D eigenvalue weighted by molar-refractivity contribution is -0.139. The number of esters is 1. The van der Waals surface area contributed by atoms with Crippen molar-refractivity contribution < 1.29 is 13.9 Å². The Morgan fingerprint density at radius 3 is 1.68 bits per heavy atom. The van der Waals surface area contributed by atoms with Crippen molar-refractivity contribution in [1.29, 1.82) is 0 Å². The molecule has 166 valence electrons. The van der Waals surface area contributed by atoms with Gasteiger partial charge in [-0.1, -0.05) is 110 Å². The van der Waals surface area contributed by atoms with Crippen molar-refractivity contribution in [2.45, 2.75) is 136 Å². The molecular formula is C25H47FO2. The maximum atomic E-state index is 13.9. The maximum Gasteiger partial charge on any atom is 0.333 e. The number of ether oxygens (including phenoxy) is 1. The summed E-state index contributed by atoms with van der Waals surface area (Å²) in [4.78, 5) is 11.9. The molecule has 0 radical (unpaired) electrons. The summed E-state index contributed by atoms with van der Waals surface area (Å²) in [5, 5.41) is 0. The molecule has 2 nitrogen and oxygen atoms in total. The first-order valence-electron chi connectivity index (χ1n) is 12.1. The van der Waals surface area contributed by atoms with Gasteiger partial charge in [0.2, 0.25) is 0 Å². The molecule has 0 spiro atoms. The molecule has 1 atom stereocenters. The molecule has 0 fully saturated rings. The van der Waals surface area contributed by atoms with Crippen molar-refractivity contribution in [1.82, 2.24) is 0 Å². The van der Waals surface area contributed by atoms with E-state index in [9.17, 15) is 9.18 Å². The van der Waals surface area contributed by atoms with Crippen LogP contribution in [0.5, 0.6) is 0 Å². The average molecular weight is 399 g/mol. The number of halogens is 1. The number of allylic oxidation sites excluding steroid dienone is 1. The van der Waals surface area contributed by atoms with Gasteiger partial charge in [-0.25, -0.2) is 9.18 Å². The molecule has 28 heavy (non-hydrogen) atoms. The van der Waals surface area contributed by atoms with Gasteiger partial charge in [0.05, 0.1) is 6.61 Å². The first-order valence-corrected chi connectivity index (χ1v) is 12.1. The van der Waals surface area contributed by atoms with Crippen LogP contribution in [-0.4, -0.2) is 18.7 Å². The number of alkyl halides is 1. The summed E-state index contributed by atoms with van der Waals surface area (Å²) in [5.41, 5.74) is 0.407. The van der Waals surface area contributed by atoms with Gasteiger partial charge >= 0.3 is 5.97 Å². The second-order valence-electron chi connectivity index (χ2n) is 8.24. The van der Waals surface area contributed by atoms with Gasteiger partial charge < -0.3 is 4.74 Å². The summed E-state index contributed by atoms with van der Waals surface area (Å²) < 4.78 is 19.2. The van der Waals surface area contributed by atoms with Crippen molar-refractivity contribution in [3.8, 4) is 0 Å². The van der Waals surface area contributed by atoms with E-state index in [1.165, 1.54) is 83.1 Å². The smallest absolute Gasteiger partial charge is 0.333 e. The van der Waals surface area contributed by atoms with E-state index in [0.717, 1.165) is 25.7 Å². The molecule has 0 aromatic carbocycles. The predicted octanol–water partition coefficient (Wildman–Crippen LogP) is 8.49. The zero-order valence-electron chi connectivity index (χ0n) is 19.1. The Labute approximate surface area is 174 Å². The van der Waals surface area contributed by atoms with Gasteiger partial charge in [0.15, 0.2) is 0 Å².